The first-order valence-electron chi connectivity index (χ1n) is 7.01. The van der Waals surface area contributed by atoms with Gasteiger partial charge in [0.05, 0.1) is 12.2 Å². The van der Waals surface area contributed by atoms with Crippen LogP contribution >= 0.6 is 15.9 Å². The number of fused-ring (bicyclic) bond motifs is 1. The highest BCUT2D eigenvalue weighted by Crippen LogP contribution is 2.39. The molecule has 1 aliphatic rings. The summed E-state index contributed by atoms with van der Waals surface area (Å²) >= 11 is 3.44. The Morgan fingerprint density at radius 1 is 1.45 bits per heavy atom. The van der Waals surface area contributed by atoms with Crippen molar-refractivity contribution in [3.63, 3.8) is 0 Å². The van der Waals surface area contributed by atoms with Gasteiger partial charge in [0.25, 0.3) is 5.91 Å². The molecular weight excluding hydrogens is 348 g/mol. The molecule has 3 rings (SSSR count). The number of benzene rings is 1. The fourth-order valence-electron chi connectivity index (χ4n) is 2.54. The Hall–Kier alpha value is -1.89. The van der Waals surface area contributed by atoms with Crippen LogP contribution in [-0.2, 0) is 4.79 Å². The van der Waals surface area contributed by atoms with Crippen LogP contribution in [0.5, 0.6) is 5.75 Å². The highest BCUT2D eigenvalue weighted by atomic mass is 79.9. The van der Waals surface area contributed by atoms with Gasteiger partial charge in [0, 0.05) is 4.47 Å². The minimum Gasteiger partial charge on any atom is -0.484 e. The molecule has 2 heterocycles. The average molecular weight is 365 g/mol. The van der Waals surface area contributed by atoms with Crippen molar-refractivity contribution in [3.8, 4) is 5.75 Å². The summed E-state index contributed by atoms with van der Waals surface area (Å²) in [6.07, 6.45) is 2.98. The second kappa shape index (κ2) is 5.39. The van der Waals surface area contributed by atoms with Crippen LogP contribution in [0.3, 0.4) is 0 Å². The van der Waals surface area contributed by atoms with E-state index in [-0.39, 0.29) is 5.91 Å². The van der Waals surface area contributed by atoms with Gasteiger partial charge in [-0.3, -0.25) is 4.79 Å². The van der Waals surface area contributed by atoms with Crippen molar-refractivity contribution in [2.75, 3.05) is 11.4 Å². The highest BCUT2D eigenvalue weighted by Gasteiger charge is 2.37. The van der Waals surface area contributed by atoms with Crippen LogP contribution in [0.4, 0.5) is 5.69 Å². The number of carbonyl (C=O) groups is 1. The van der Waals surface area contributed by atoms with Crippen LogP contribution in [-0.4, -0.2) is 32.8 Å². The summed E-state index contributed by atoms with van der Waals surface area (Å²) < 4.78 is 8.47. The molecule has 0 spiro atoms. The Morgan fingerprint density at radius 3 is 2.91 bits per heavy atom. The van der Waals surface area contributed by atoms with Gasteiger partial charge < -0.3 is 9.64 Å². The van der Waals surface area contributed by atoms with Crippen molar-refractivity contribution in [3.05, 3.63) is 35.3 Å². The van der Waals surface area contributed by atoms with E-state index in [2.05, 4.69) is 26.0 Å². The zero-order valence-electron chi connectivity index (χ0n) is 12.7. The fraction of sp³-hybridized carbons (Fsp3) is 0.400. The number of carbonyl (C=O) groups excluding carboxylic acids is 1. The van der Waals surface area contributed by atoms with Crippen molar-refractivity contribution in [1.82, 2.24) is 14.8 Å². The average Bonchev–Trinajstić information content (AvgIpc) is 2.97. The summed E-state index contributed by atoms with van der Waals surface area (Å²) in [5.74, 6) is 0.662. The van der Waals surface area contributed by atoms with Gasteiger partial charge in [-0.1, -0.05) is 15.9 Å². The van der Waals surface area contributed by atoms with Crippen LogP contribution in [0.15, 0.2) is 35.3 Å². The number of hydrogen-bond donors (Lipinski definition) is 0. The molecule has 0 saturated carbocycles. The first kappa shape index (κ1) is 15.0. The van der Waals surface area contributed by atoms with Crippen LogP contribution in [0.1, 0.15) is 26.8 Å². The van der Waals surface area contributed by atoms with Crippen LogP contribution in [0, 0.1) is 0 Å². The lowest BCUT2D eigenvalue weighted by Crippen LogP contribution is -2.51. The molecule has 6 nitrogen and oxygen atoms in total. The molecule has 1 aliphatic heterocycles. The number of anilines is 1. The number of amides is 1. The molecule has 1 unspecified atom stereocenters. The van der Waals surface area contributed by atoms with E-state index in [4.69, 9.17) is 4.74 Å². The van der Waals surface area contributed by atoms with E-state index < -0.39 is 11.6 Å². The quantitative estimate of drug-likeness (QED) is 0.821. The summed E-state index contributed by atoms with van der Waals surface area (Å²) in [7, 11) is 0. The monoisotopic (exact) mass is 364 g/mol. The lowest BCUT2D eigenvalue weighted by Gasteiger charge is -2.40. The zero-order chi connectivity index (χ0) is 15.9. The summed E-state index contributed by atoms with van der Waals surface area (Å²) in [6, 6.07) is 5.26. The van der Waals surface area contributed by atoms with Gasteiger partial charge in [-0.25, -0.2) is 9.67 Å². The third-order valence-corrected chi connectivity index (χ3v) is 4.09. The molecule has 2 aromatic rings. The Balaban J connectivity index is 1.98. The van der Waals surface area contributed by atoms with Gasteiger partial charge in [0.2, 0.25) is 0 Å². The number of halogens is 1. The van der Waals surface area contributed by atoms with Crippen molar-refractivity contribution < 1.29 is 9.53 Å². The van der Waals surface area contributed by atoms with Crippen LogP contribution < -0.4 is 9.64 Å². The number of nitrogens with zero attached hydrogens (tertiary/aromatic N) is 4. The van der Waals surface area contributed by atoms with Crippen molar-refractivity contribution in [2.24, 2.45) is 0 Å². The van der Waals surface area contributed by atoms with E-state index >= 15 is 0 Å². The molecule has 0 N–H and O–H groups in total. The normalized spacial score (nSPS) is 17.5. The van der Waals surface area contributed by atoms with Crippen LogP contribution in [0.25, 0.3) is 0 Å². The molecule has 7 heteroatoms. The van der Waals surface area contributed by atoms with Crippen molar-refractivity contribution in [2.45, 2.75) is 32.4 Å². The smallest absolute Gasteiger partial charge is 0.251 e. The lowest BCUT2D eigenvalue weighted by atomic mass is 10.0. The molecule has 1 aromatic heterocycles. The summed E-state index contributed by atoms with van der Waals surface area (Å²) in [5.41, 5.74) is 0.324. The van der Waals surface area contributed by atoms with E-state index in [1.807, 2.05) is 39.0 Å². The molecular formula is C15H17BrN4O2. The molecule has 116 valence electrons. The molecule has 0 aliphatic carbocycles. The predicted molar refractivity (Wildman–Crippen MR) is 85.9 cm³/mol. The van der Waals surface area contributed by atoms with Gasteiger partial charge in [-0.05, 0) is 39.0 Å². The van der Waals surface area contributed by atoms with Gasteiger partial charge in [0.15, 0.2) is 0 Å². The van der Waals surface area contributed by atoms with E-state index in [1.165, 1.54) is 6.33 Å². The summed E-state index contributed by atoms with van der Waals surface area (Å²) in [5, 5.41) is 4.06. The molecule has 1 aromatic carbocycles. The zero-order valence-corrected chi connectivity index (χ0v) is 14.2. The second-order valence-electron chi connectivity index (χ2n) is 5.95. The van der Waals surface area contributed by atoms with E-state index in [9.17, 15) is 4.79 Å². The maximum atomic E-state index is 12.9. The molecule has 0 bridgehead atoms. The molecule has 22 heavy (non-hydrogen) atoms. The van der Waals surface area contributed by atoms with Crippen molar-refractivity contribution >= 4 is 27.5 Å². The standard InChI is InChI=1S/C15H17BrN4O2/c1-10(20-9-17-8-18-20)14(21)19-7-15(2,3)22-13-6-11(16)4-5-12(13)19/h4-6,8-10H,7H2,1-3H3. The number of hydrogen-bond acceptors (Lipinski definition) is 4. The Morgan fingerprint density at radius 2 is 2.23 bits per heavy atom. The van der Waals surface area contributed by atoms with Gasteiger partial charge in [-0.15, -0.1) is 0 Å². The minimum absolute atomic E-state index is 0.0366. The summed E-state index contributed by atoms with van der Waals surface area (Å²) in [6.45, 7) is 6.24. The Labute approximate surface area is 137 Å². The second-order valence-corrected chi connectivity index (χ2v) is 6.87. The maximum Gasteiger partial charge on any atom is 0.251 e. The largest absolute Gasteiger partial charge is 0.484 e. The van der Waals surface area contributed by atoms with E-state index in [0.29, 0.717) is 12.3 Å². The van der Waals surface area contributed by atoms with Crippen molar-refractivity contribution in [1.29, 1.82) is 0 Å². The third kappa shape index (κ3) is 2.72. The predicted octanol–water partition coefficient (Wildman–Crippen LogP) is 2.81. The Kier molecular flexibility index (Phi) is 3.68. The number of ether oxygens (including phenoxy) is 1. The fourth-order valence-corrected chi connectivity index (χ4v) is 2.88. The molecule has 0 saturated heterocycles. The van der Waals surface area contributed by atoms with Gasteiger partial charge in [0.1, 0.15) is 30.0 Å². The minimum atomic E-state index is -0.453. The highest BCUT2D eigenvalue weighted by molar-refractivity contribution is 9.10. The number of aromatic nitrogens is 3. The SMILES string of the molecule is CC(C(=O)N1CC(C)(C)Oc2cc(Br)ccc21)n1cncn1. The first-order valence-corrected chi connectivity index (χ1v) is 7.81. The van der Waals surface area contributed by atoms with Gasteiger partial charge >= 0.3 is 0 Å². The van der Waals surface area contributed by atoms with E-state index in [1.54, 1.807) is 15.9 Å². The van der Waals surface area contributed by atoms with Gasteiger partial charge in [-0.2, -0.15) is 5.10 Å². The molecule has 1 atom stereocenters. The van der Waals surface area contributed by atoms with E-state index in [0.717, 1.165) is 10.2 Å². The maximum absolute atomic E-state index is 12.9. The Bertz CT molecular complexity index is 700. The lowest BCUT2D eigenvalue weighted by molar-refractivity contribution is -0.122. The summed E-state index contributed by atoms with van der Waals surface area (Å²) in [4.78, 5) is 18.6. The number of rotatable bonds is 2. The molecule has 0 radical (unpaired) electrons. The first-order chi connectivity index (χ1) is 10.4. The molecule has 1 amide bonds. The molecule has 0 fully saturated rings. The topological polar surface area (TPSA) is 60.2 Å². The van der Waals surface area contributed by atoms with Crippen LogP contribution in [0.2, 0.25) is 0 Å². The third-order valence-electron chi connectivity index (χ3n) is 3.59.